The predicted molar refractivity (Wildman–Crippen MR) is 55.8 cm³/mol. The summed E-state index contributed by atoms with van der Waals surface area (Å²) >= 11 is 0. The van der Waals surface area contributed by atoms with Gasteiger partial charge in [-0.05, 0) is 26.2 Å². The standard InChI is InChI=1S/C10H22N2O/c1-5-8-11-9(13)12-10(4,6-2)7-3/h5-8H2,1-4H3,(H2,11,12,13). The molecule has 0 spiro atoms. The normalized spacial score (nSPS) is 11.1. The van der Waals surface area contributed by atoms with Crippen molar-refractivity contribution in [1.82, 2.24) is 10.6 Å². The molecule has 0 aromatic carbocycles. The molecule has 0 saturated heterocycles. The minimum absolute atomic E-state index is 0.0481. The zero-order valence-electron chi connectivity index (χ0n) is 9.24. The van der Waals surface area contributed by atoms with Crippen LogP contribution in [0.5, 0.6) is 0 Å². The van der Waals surface area contributed by atoms with E-state index in [1.165, 1.54) is 0 Å². The van der Waals surface area contributed by atoms with Gasteiger partial charge in [-0.25, -0.2) is 4.79 Å². The molecule has 0 heterocycles. The van der Waals surface area contributed by atoms with Crippen molar-refractivity contribution < 1.29 is 4.79 Å². The van der Waals surface area contributed by atoms with Crippen LogP contribution in [-0.4, -0.2) is 18.1 Å². The summed E-state index contributed by atoms with van der Waals surface area (Å²) in [6, 6.07) is -0.0481. The molecule has 13 heavy (non-hydrogen) atoms. The van der Waals surface area contributed by atoms with Gasteiger partial charge in [0.05, 0.1) is 0 Å². The first-order valence-corrected chi connectivity index (χ1v) is 5.14. The zero-order chi connectivity index (χ0) is 10.3. The summed E-state index contributed by atoms with van der Waals surface area (Å²) in [6.45, 7) is 9.03. The lowest BCUT2D eigenvalue weighted by Crippen LogP contribution is -2.49. The van der Waals surface area contributed by atoms with Gasteiger partial charge in [0.2, 0.25) is 0 Å². The summed E-state index contributed by atoms with van der Waals surface area (Å²) in [5.41, 5.74) is -0.0577. The predicted octanol–water partition coefficient (Wildman–Crippen LogP) is 2.27. The van der Waals surface area contributed by atoms with Crippen LogP contribution >= 0.6 is 0 Å². The van der Waals surface area contributed by atoms with Gasteiger partial charge in [-0.2, -0.15) is 0 Å². The number of hydrogen-bond donors (Lipinski definition) is 2. The van der Waals surface area contributed by atoms with Crippen molar-refractivity contribution >= 4 is 6.03 Å². The molecule has 0 aromatic heterocycles. The maximum atomic E-state index is 11.3. The van der Waals surface area contributed by atoms with E-state index in [4.69, 9.17) is 0 Å². The highest BCUT2D eigenvalue weighted by Gasteiger charge is 2.21. The minimum atomic E-state index is -0.0577. The smallest absolute Gasteiger partial charge is 0.315 e. The molecule has 78 valence electrons. The number of urea groups is 1. The third kappa shape index (κ3) is 4.76. The summed E-state index contributed by atoms with van der Waals surface area (Å²) in [7, 11) is 0. The Morgan fingerprint density at radius 3 is 2.15 bits per heavy atom. The maximum absolute atomic E-state index is 11.3. The fourth-order valence-corrected chi connectivity index (χ4v) is 0.984. The number of amides is 2. The Kier molecular flexibility index (Phi) is 5.51. The Morgan fingerprint density at radius 1 is 1.23 bits per heavy atom. The fraction of sp³-hybridized carbons (Fsp3) is 0.900. The SMILES string of the molecule is CCCNC(=O)NC(C)(CC)CC. The van der Waals surface area contributed by atoms with Crippen molar-refractivity contribution in [3.8, 4) is 0 Å². The fourth-order valence-electron chi connectivity index (χ4n) is 0.984. The molecule has 0 atom stereocenters. The first kappa shape index (κ1) is 12.3. The van der Waals surface area contributed by atoms with Crippen molar-refractivity contribution in [3.05, 3.63) is 0 Å². The highest BCUT2D eigenvalue weighted by Crippen LogP contribution is 2.12. The van der Waals surface area contributed by atoms with Crippen LogP contribution in [0.1, 0.15) is 47.0 Å². The lowest BCUT2D eigenvalue weighted by Gasteiger charge is -2.28. The topological polar surface area (TPSA) is 41.1 Å². The van der Waals surface area contributed by atoms with Gasteiger partial charge in [-0.1, -0.05) is 20.8 Å². The van der Waals surface area contributed by atoms with Crippen molar-refractivity contribution in [1.29, 1.82) is 0 Å². The Bertz CT molecular complexity index is 153. The molecule has 0 saturated carbocycles. The number of nitrogens with one attached hydrogen (secondary N) is 2. The second-order valence-corrected chi connectivity index (χ2v) is 3.65. The third-order valence-electron chi connectivity index (χ3n) is 2.51. The second-order valence-electron chi connectivity index (χ2n) is 3.65. The van der Waals surface area contributed by atoms with E-state index in [1.54, 1.807) is 0 Å². The lowest BCUT2D eigenvalue weighted by atomic mass is 9.96. The van der Waals surface area contributed by atoms with Crippen molar-refractivity contribution in [2.75, 3.05) is 6.54 Å². The molecule has 0 radical (unpaired) electrons. The molecule has 0 rings (SSSR count). The minimum Gasteiger partial charge on any atom is -0.338 e. The molecule has 2 N–H and O–H groups in total. The van der Waals surface area contributed by atoms with Crippen molar-refractivity contribution in [2.45, 2.75) is 52.5 Å². The molecule has 0 aliphatic heterocycles. The molecule has 3 heteroatoms. The molecule has 0 aliphatic rings. The van der Waals surface area contributed by atoms with Gasteiger partial charge in [0, 0.05) is 12.1 Å². The molecule has 0 bridgehead atoms. The number of carbonyl (C=O) groups is 1. The Morgan fingerprint density at radius 2 is 1.77 bits per heavy atom. The van der Waals surface area contributed by atoms with E-state index in [9.17, 15) is 4.79 Å². The second kappa shape index (κ2) is 5.84. The van der Waals surface area contributed by atoms with Crippen LogP contribution < -0.4 is 10.6 Å². The number of hydrogen-bond acceptors (Lipinski definition) is 1. The van der Waals surface area contributed by atoms with Gasteiger partial charge in [0.15, 0.2) is 0 Å². The highest BCUT2D eigenvalue weighted by molar-refractivity contribution is 5.74. The average Bonchev–Trinajstić information content (AvgIpc) is 2.14. The van der Waals surface area contributed by atoms with Crippen LogP contribution in [0, 0.1) is 0 Å². The van der Waals surface area contributed by atoms with Crippen LogP contribution in [-0.2, 0) is 0 Å². The van der Waals surface area contributed by atoms with E-state index >= 15 is 0 Å². The number of carbonyl (C=O) groups excluding carboxylic acids is 1. The monoisotopic (exact) mass is 186 g/mol. The van der Waals surface area contributed by atoms with E-state index in [0.29, 0.717) is 0 Å². The summed E-state index contributed by atoms with van der Waals surface area (Å²) < 4.78 is 0. The average molecular weight is 186 g/mol. The maximum Gasteiger partial charge on any atom is 0.315 e. The zero-order valence-corrected chi connectivity index (χ0v) is 9.24. The van der Waals surface area contributed by atoms with Crippen LogP contribution in [0.15, 0.2) is 0 Å². The van der Waals surface area contributed by atoms with Gasteiger partial charge >= 0.3 is 6.03 Å². The summed E-state index contributed by atoms with van der Waals surface area (Å²) in [6.07, 6.45) is 2.90. The molecule has 2 amide bonds. The van der Waals surface area contributed by atoms with Crippen molar-refractivity contribution in [2.24, 2.45) is 0 Å². The van der Waals surface area contributed by atoms with Crippen LogP contribution in [0.4, 0.5) is 4.79 Å². The van der Waals surface area contributed by atoms with Gasteiger partial charge < -0.3 is 10.6 Å². The van der Waals surface area contributed by atoms with Gasteiger partial charge in [-0.3, -0.25) is 0 Å². The van der Waals surface area contributed by atoms with E-state index in [0.717, 1.165) is 25.8 Å². The van der Waals surface area contributed by atoms with E-state index in [1.807, 2.05) is 6.92 Å². The molecule has 0 fully saturated rings. The van der Waals surface area contributed by atoms with Crippen LogP contribution in [0.2, 0.25) is 0 Å². The third-order valence-corrected chi connectivity index (χ3v) is 2.51. The lowest BCUT2D eigenvalue weighted by molar-refractivity contribution is 0.224. The first-order chi connectivity index (χ1) is 6.08. The molecular formula is C10H22N2O. The Balaban J connectivity index is 3.87. The Hall–Kier alpha value is -0.730. The van der Waals surface area contributed by atoms with Gasteiger partial charge in [-0.15, -0.1) is 0 Å². The highest BCUT2D eigenvalue weighted by atomic mass is 16.2. The summed E-state index contributed by atoms with van der Waals surface area (Å²) in [5, 5.41) is 5.78. The van der Waals surface area contributed by atoms with Crippen LogP contribution in [0.25, 0.3) is 0 Å². The van der Waals surface area contributed by atoms with Gasteiger partial charge in [0.25, 0.3) is 0 Å². The first-order valence-electron chi connectivity index (χ1n) is 5.14. The molecule has 0 unspecified atom stereocenters. The van der Waals surface area contributed by atoms with Crippen molar-refractivity contribution in [3.63, 3.8) is 0 Å². The largest absolute Gasteiger partial charge is 0.338 e. The summed E-state index contributed by atoms with van der Waals surface area (Å²) in [5.74, 6) is 0. The molecule has 3 nitrogen and oxygen atoms in total. The van der Waals surface area contributed by atoms with E-state index in [2.05, 4.69) is 31.4 Å². The molecule has 0 aromatic rings. The van der Waals surface area contributed by atoms with E-state index < -0.39 is 0 Å². The molecular weight excluding hydrogens is 164 g/mol. The molecule has 0 aliphatic carbocycles. The number of rotatable bonds is 5. The summed E-state index contributed by atoms with van der Waals surface area (Å²) in [4.78, 5) is 11.3. The van der Waals surface area contributed by atoms with Crippen LogP contribution in [0.3, 0.4) is 0 Å². The van der Waals surface area contributed by atoms with E-state index in [-0.39, 0.29) is 11.6 Å². The van der Waals surface area contributed by atoms with Gasteiger partial charge in [0.1, 0.15) is 0 Å². The quantitative estimate of drug-likeness (QED) is 0.679. The Labute approximate surface area is 81.3 Å².